The number of fused-ring (bicyclic) bond motifs is 1. The van der Waals surface area contributed by atoms with Gasteiger partial charge in [-0.25, -0.2) is 0 Å². The molecule has 0 unspecified atom stereocenters. The minimum absolute atomic E-state index is 0.0455. The average Bonchev–Trinajstić information content (AvgIpc) is 2.64. The van der Waals surface area contributed by atoms with Crippen molar-refractivity contribution >= 4 is 22.4 Å². The van der Waals surface area contributed by atoms with Crippen LogP contribution in [0.1, 0.15) is 12.5 Å². The summed E-state index contributed by atoms with van der Waals surface area (Å²) in [5.41, 5.74) is 6.71. The largest absolute Gasteiger partial charge is 0.573 e. The molecule has 4 nitrogen and oxygen atoms in total. The molecule has 0 aromatic heterocycles. The molecule has 0 saturated heterocycles. The van der Waals surface area contributed by atoms with Crippen LogP contribution in [-0.4, -0.2) is 19.5 Å². The quantitative estimate of drug-likeness (QED) is 0.498. The van der Waals surface area contributed by atoms with Crippen LogP contribution in [0.4, 0.5) is 13.2 Å². The maximum atomic E-state index is 12.7. The van der Waals surface area contributed by atoms with Gasteiger partial charge >= 0.3 is 6.36 Å². The van der Waals surface area contributed by atoms with E-state index in [0.29, 0.717) is 12.3 Å². The Kier molecular flexibility index (Phi) is 6.39. The van der Waals surface area contributed by atoms with Crippen molar-refractivity contribution in [2.45, 2.75) is 19.7 Å². The fraction of sp³-hybridized carbons (Fsp3) is 0.238. The molecule has 0 fully saturated rings. The van der Waals surface area contributed by atoms with E-state index in [-0.39, 0.29) is 23.1 Å². The first-order valence-electron chi connectivity index (χ1n) is 8.91. The van der Waals surface area contributed by atoms with Crippen LogP contribution in [0.2, 0.25) is 5.02 Å². The number of rotatable bonds is 7. The zero-order valence-corrected chi connectivity index (χ0v) is 16.3. The molecule has 0 radical (unpaired) electrons. The summed E-state index contributed by atoms with van der Waals surface area (Å²) in [6, 6.07) is 13.8. The minimum atomic E-state index is -4.89. The second-order valence-corrected chi connectivity index (χ2v) is 6.60. The van der Waals surface area contributed by atoms with Gasteiger partial charge in [0.2, 0.25) is 0 Å². The Bertz CT molecular complexity index is 1010. The first-order valence-corrected chi connectivity index (χ1v) is 9.29. The molecule has 0 amide bonds. The smallest absolute Gasteiger partial charge is 0.488 e. The van der Waals surface area contributed by atoms with Crippen molar-refractivity contribution in [2.24, 2.45) is 5.73 Å². The Labute approximate surface area is 170 Å². The number of halogens is 4. The summed E-state index contributed by atoms with van der Waals surface area (Å²) in [5.74, 6) is -0.210. The Morgan fingerprint density at radius 1 is 0.966 bits per heavy atom. The van der Waals surface area contributed by atoms with Gasteiger partial charge in [0.05, 0.1) is 11.6 Å². The van der Waals surface area contributed by atoms with Crippen molar-refractivity contribution in [1.82, 2.24) is 0 Å². The van der Waals surface area contributed by atoms with Gasteiger partial charge in [0.25, 0.3) is 0 Å². The minimum Gasteiger partial charge on any atom is -0.488 e. The standard InChI is InChI=1S/C21H19ClF3NO3/c1-2-27-20-18(22)11-17(12-19(20)29-21(23,24)25)28-16-6-5-14-9-13(7-8-26)3-4-15(14)10-16/h3-6,9-12H,2,7-8,26H2,1H3. The van der Waals surface area contributed by atoms with Crippen molar-refractivity contribution in [2.75, 3.05) is 13.2 Å². The summed E-state index contributed by atoms with van der Waals surface area (Å²) in [7, 11) is 0. The molecule has 0 saturated carbocycles. The monoisotopic (exact) mass is 425 g/mol. The van der Waals surface area contributed by atoms with Crippen LogP contribution in [0.3, 0.4) is 0 Å². The predicted molar refractivity (Wildman–Crippen MR) is 106 cm³/mol. The summed E-state index contributed by atoms with van der Waals surface area (Å²) < 4.78 is 53.2. The van der Waals surface area contributed by atoms with Crippen LogP contribution < -0.4 is 19.9 Å². The van der Waals surface area contributed by atoms with Crippen LogP contribution in [0.25, 0.3) is 10.8 Å². The van der Waals surface area contributed by atoms with E-state index in [4.69, 9.17) is 26.8 Å². The van der Waals surface area contributed by atoms with Crippen molar-refractivity contribution in [3.8, 4) is 23.0 Å². The highest BCUT2D eigenvalue weighted by atomic mass is 35.5. The number of hydrogen-bond donors (Lipinski definition) is 1. The van der Waals surface area contributed by atoms with E-state index in [2.05, 4.69) is 4.74 Å². The zero-order valence-electron chi connectivity index (χ0n) is 15.6. The first kappa shape index (κ1) is 21.1. The lowest BCUT2D eigenvalue weighted by atomic mass is 10.0. The van der Waals surface area contributed by atoms with Gasteiger partial charge in [-0.15, -0.1) is 13.2 Å². The molecule has 2 N–H and O–H groups in total. The van der Waals surface area contributed by atoms with E-state index < -0.39 is 12.1 Å². The highest BCUT2D eigenvalue weighted by molar-refractivity contribution is 6.32. The zero-order chi connectivity index (χ0) is 21.0. The molecule has 154 valence electrons. The molecular formula is C21H19ClF3NO3. The van der Waals surface area contributed by atoms with E-state index in [1.807, 2.05) is 24.3 Å². The lowest BCUT2D eigenvalue weighted by molar-refractivity contribution is -0.275. The number of ether oxygens (including phenoxy) is 3. The van der Waals surface area contributed by atoms with Crippen LogP contribution in [-0.2, 0) is 6.42 Å². The maximum absolute atomic E-state index is 12.7. The van der Waals surface area contributed by atoms with E-state index in [1.165, 1.54) is 6.07 Å². The fourth-order valence-corrected chi connectivity index (χ4v) is 3.14. The lowest BCUT2D eigenvalue weighted by Gasteiger charge is -2.16. The SMILES string of the molecule is CCOc1c(Cl)cc(Oc2ccc3cc(CCN)ccc3c2)cc1OC(F)(F)F. The second kappa shape index (κ2) is 8.80. The molecular weight excluding hydrogens is 407 g/mol. The lowest BCUT2D eigenvalue weighted by Crippen LogP contribution is -2.18. The van der Waals surface area contributed by atoms with Crippen LogP contribution in [0.5, 0.6) is 23.0 Å². The maximum Gasteiger partial charge on any atom is 0.573 e. The molecule has 0 heterocycles. The van der Waals surface area contributed by atoms with Crippen molar-refractivity contribution in [1.29, 1.82) is 0 Å². The van der Waals surface area contributed by atoms with Crippen molar-refractivity contribution in [3.05, 3.63) is 59.1 Å². The summed E-state index contributed by atoms with van der Waals surface area (Å²) in [5, 5.41) is 1.89. The van der Waals surface area contributed by atoms with Gasteiger partial charge in [-0.1, -0.05) is 35.9 Å². The predicted octanol–water partition coefficient (Wildman–Crippen LogP) is 6.08. The molecule has 3 rings (SSSR count). The fourth-order valence-electron chi connectivity index (χ4n) is 2.88. The molecule has 0 bridgehead atoms. The van der Waals surface area contributed by atoms with Crippen molar-refractivity contribution < 1.29 is 27.4 Å². The van der Waals surface area contributed by atoms with Crippen LogP contribution in [0, 0.1) is 0 Å². The van der Waals surface area contributed by atoms with Gasteiger partial charge in [-0.05, 0) is 48.4 Å². The third kappa shape index (κ3) is 5.46. The molecule has 29 heavy (non-hydrogen) atoms. The summed E-state index contributed by atoms with van der Waals surface area (Å²) in [6.45, 7) is 2.32. The van der Waals surface area contributed by atoms with Crippen LogP contribution in [0.15, 0.2) is 48.5 Å². The normalized spacial score (nSPS) is 11.5. The summed E-state index contributed by atoms with van der Waals surface area (Å²) in [6.07, 6.45) is -4.11. The molecule has 3 aromatic carbocycles. The second-order valence-electron chi connectivity index (χ2n) is 6.20. The van der Waals surface area contributed by atoms with Gasteiger partial charge in [-0.2, -0.15) is 0 Å². The third-order valence-corrected chi connectivity index (χ3v) is 4.32. The number of alkyl halides is 3. The Hall–Kier alpha value is -2.64. The Morgan fingerprint density at radius 3 is 2.38 bits per heavy atom. The number of benzene rings is 3. The molecule has 0 aliphatic heterocycles. The van der Waals surface area contributed by atoms with Crippen LogP contribution >= 0.6 is 11.6 Å². The molecule has 0 aliphatic rings. The van der Waals surface area contributed by atoms with E-state index in [1.54, 1.807) is 19.1 Å². The third-order valence-electron chi connectivity index (χ3n) is 4.04. The van der Waals surface area contributed by atoms with E-state index in [0.717, 1.165) is 28.8 Å². The van der Waals surface area contributed by atoms with Gasteiger partial charge in [0.15, 0.2) is 11.5 Å². The number of nitrogens with two attached hydrogens (primary N) is 1. The highest BCUT2D eigenvalue weighted by Gasteiger charge is 2.33. The Balaban J connectivity index is 1.91. The van der Waals surface area contributed by atoms with Gasteiger partial charge < -0.3 is 19.9 Å². The summed E-state index contributed by atoms with van der Waals surface area (Å²) >= 11 is 6.09. The van der Waals surface area contributed by atoms with Gasteiger partial charge in [0, 0.05) is 12.1 Å². The van der Waals surface area contributed by atoms with Gasteiger partial charge in [-0.3, -0.25) is 0 Å². The number of hydrogen-bond acceptors (Lipinski definition) is 4. The first-order chi connectivity index (χ1) is 13.8. The van der Waals surface area contributed by atoms with E-state index in [9.17, 15) is 13.2 Å². The molecule has 8 heteroatoms. The molecule has 3 aromatic rings. The molecule has 0 atom stereocenters. The summed E-state index contributed by atoms with van der Waals surface area (Å²) in [4.78, 5) is 0. The van der Waals surface area contributed by atoms with E-state index >= 15 is 0 Å². The topological polar surface area (TPSA) is 53.7 Å². The molecule has 0 aliphatic carbocycles. The molecule has 0 spiro atoms. The van der Waals surface area contributed by atoms with Crippen molar-refractivity contribution in [3.63, 3.8) is 0 Å². The average molecular weight is 426 g/mol. The highest BCUT2D eigenvalue weighted by Crippen LogP contribution is 2.42. The Morgan fingerprint density at radius 2 is 1.69 bits per heavy atom. The van der Waals surface area contributed by atoms with Gasteiger partial charge in [0.1, 0.15) is 11.5 Å².